The summed E-state index contributed by atoms with van der Waals surface area (Å²) in [6.07, 6.45) is 3.56. The van der Waals surface area contributed by atoms with E-state index in [-0.39, 0.29) is 48.8 Å². The number of carbonyl (C=O) groups is 2. The number of aryl methyl sites for hydroxylation is 1. The number of pyridine rings is 1. The van der Waals surface area contributed by atoms with E-state index in [1.165, 1.54) is 10.5 Å². The summed E-state index contributed by atoms with van der Waals surface area (Å²) in [5, 5.41) is 3.46. The Kier molecular flexibility index (Phi) is 7.23. The van der Waals surface area contributed by atoms with Crippen LogP contribution in [-0.2, 0) is 14.8 Å². The highest BCUT2D eigenvalue weighted by Crippen LogP contribution is 2.25. The zero-order valence-corrected chi connectivity index (χ0v) is 21.0. The Balaban J connectivity index is 1.45. The predicted molar refractivity (Wildman–Crippen MR) is 133 cm³/mol. The molecule has 1 atom stereocenters. The fraction of sp³-hybridized carbons (Fsp3) is 0.400. The molecular weight excluding hydrogens is 466 g/mol. The van der Waals surface area contributed by atoms with Gasteiger partial charge in [0.15, 0.2) is 0 Å². The lowest BCUT2D eigenvalue weighted by molar-refractivity contribution is -0.134. The summed E-state index contributed by atoms with van der Waals surface area (Å²) in [6.45, 7) is 6.74. The van der Waals surface area contributed by atoms with Crippen molar-refractivity contribution >= 4 is 32.9 Å². The zero-order valence-electron chi connectivity index (χ0n) is 20.2. The van der Waals surface area contributed by atoms with Gasteiger partial charge in [-0.1, -0.05) is 32.0 Å². The van der Waals surface area contributed by atoms with Crippen LogP contribution in [0.3, 0.4) is 0 Å². The highest BCUT2D eigenvalue weighted by Gasteiger charge is 2.34. The van der Waals surface area contributed by atoms with Gasteiger partial charge >= 0.3 is 0 Å². The molecule has 1 unspecified atom stereocenters. The minimum atomic E-state index is -3.74. The minimum Gasteiger partial charge on any atom is -0.345 e. The topological polar surface area (TPSA) is 115 Å². The number of sulfonamides is 1. The van der Waals surface area contributed by atoms with Gasteiger partial charge in [0.1, 0.15) is 16.6 Å². The van der Waals surface area contributed by atoms with Crippen LogP contribution in [0.25, 0.3) is 11.0 Å². The predicted octanol–water partition coefficient (Wildman–Crippen LogP) is 2.55. The summed E-state index contributed by atoms with van der Waals surface area (Å²) in [5.41, 5.74) is 1.89. The lowest BCUT2D eigenvalue weighted by Gasteiger charge is -2.36. The molecule has 35 heavy (non-hydrogen) atoms. The van der Waals surface area contributed by atoms with Crippen LogP contribution in [0.4, 0.5) is 0 Å². The van der Waals surface area contributed by atoms with Crippen LogP contribution in [0, 0.1) is 12.8 Å². The van der Waals surface area contributed by atoms with E-state index < -0.39 is 16.1 Å². The molecule has 0 bridgehead atoms. The summed E-state index contributed by atoms with van der Waals surface area (Å²) in [6, 6.07) is 10.0. The third-order valence-electron chi connectivity index (χ3n) is 6.28. The number of rotatable bonds is 7. The number of benzene rings is 1. The van der Waals surface area contributed by atoms with E-state index in [1.807, 2.05) is 32.9 Å². The third-order valence-corrected chi connectivity index (χ3v) is 8.22. The van der Waals surface area contributed by atoms with Gasteiger partial charge in [0.25, 0.3) is 5.91 Å². The van der Waals surface area contributed by atoms with E-state index in [0.29, 0.717) is 23.0 Å². The van der Waals surface area contributed by atoms with Gasteiger partial charge in [-0.3, -0.25) is 9.59 Å². The van der Waals surface area contributed by atoms with Crippen molar-refractivity contribution in [1.29, 1.82) is 0 Å². The number of nitrogens with zero attached hydrogens (tertiary/aromatic N) is 3. The van der Waals surface area contributed by atoms with Gasteiger partial charge in [0.2, 0.25) is 15.9 Å². The fourth-order valence-electron chi connectivity index (χ4n) is 4.41. The van der Waals surface area contributed by atoms with E-state index in [2.05, 4.69) is 15.3 Å². The first kappa shape index (κ1) is 24.9. The molecule has 1 aromatic carbocycles. The molecule has 10 heteroatoms. The van der Waals surface area contributed by atoms with Crippen LogP contribution in [0.15, 0.2) is 53.7 Å². The molecule has 3 heterocycles. The molecule has 0 aliphatic carbocycles. The molecule has 1 saturated heterocycles. The van der Waals surface area contributed by atoms with Gasteiger partial charge in [-0.2, -0.15) is 4.31 Å². The maximum atomic E-state index is 13.4. The van der Waals surface area contributed by atoms with E-state index in [4.69, 9.17) is 0 Å². The minimum absolute atomic E-state index is 0.182. The zero-order chi connectivity index (χ0) is 25.2. The van der Waals surface area contributed by atoms with Crippen molar-refractivity contribution in [2.75, 3.05) is 26.2 Å². The smallest absolute Gasteiger partial charge is 0.252 e. The van der Waals surface area contributed by atoms with E-state index in [1.54, 1.807) is 35.4 Å². The van der Waals surface area contributed by atoms with Crippen molar-refractivity contribution in [1.82, 2.24) is 24.5 Å². The Morgan fingerprint density at radius 2 is 1.80 bits per heavy atom. The third kappa shape index (κ3) is 5.23. The van der Waals surface area contributed by atoms with Crippen LogP contribution in [0.2, 0.25) is 0 Å². The van der Waals surface area contributed by atoms with Crippen LogP contribution < -0.4 is 5.32 Å². The number of hydrogen-bond acceptors (Lipinski definition) is 5. The summed E-state index contributed by atoms with van der Waals surface area (Å²) in [5.74, 6) is -0.275. The van der Waals surface area contributed by atoms with E-state index in [9.17, 15) is 18.0 Å². The average Bonchev–Trinajstić information content (AvgIpc) is 3.28. The Hall–Kier alpha value is -3.24. The molecule has 1 aliphatic heterocycles. The van der Waals surface area contributed by atoms with Crippen molar-refractivity contribution in [3.8, 4) is 0 Å². The van der Waals surface area contributed by atoms with Gasteiger partial charge in [-0.15, -0.1) is 0 Å². The second kappa shape index (κ2) is 10.2. The normalized spacial score (nSPS) is 15.9. The molecule has 0 radical (unpaired) electrons. The summed E-state index contributed by atoms with van der Waals surface area (Å²) < 4.78 is 27.9. The van der Waals surface area contributed by atoms with Crippen LogP contribution in [-0.4, -0.2) is 71.6 Å². The molecule has 9 nitrogen and oxygen atoms in total. The van der Waals surface area contributed by atoms with E-state index in [0.717, 1.165) is 5.56 Å². The number of carbonyl (C=O) groups excluding carboxylic acids is 2. The number of fused-ring (bicyclic) bond motifs is 1. The SMILES string of the molecule is Cc1ccccc1C(=O)NC(CC(C)C)C(=O)N1CCN(S(=O)(=O)c2c[nH]c3ncccc23)CC1. The Morgan fingerprint density at radius 3 is 2.49 bits per heavy atom. The highest BCUT2D eigenvalue weighted by molar-refractivity contribution is 7.89. The monoisotopic (exact) mass is 497 g/mol. The van der Waals surface area contributed by atoms with Crippen molar-refractivity contribution in [2.24, 2.45) is 5.92 Å². The Bertz CT molecular complexity index is 1330. The van der Waals surface area contributed by atoms with Crippen molar-refractivity contribution in [3.05, 3.63) is 59.9 Å². The molecule has 186 valence electrons. The second-order valence-electron chi connectivity index (χ2n) is 9.25. The molecule has 0 spiro atoms. The number of aromatic amines is 1. The van der Waals surface area contributed by atoms with Crippen LogP contribution in [0.5, 0.6) is 0 Å². The number of hydrogen-bond donors (Lipinski definition) is 2. The maximum Gasteiger partial charge on any atom is 0.252 e. The van der Waals surface area contributed by atoms with Crippen molar-refractivity contribution < 1.29 is 18.0 Å². The first-order chi connectivity index (χ1) is 16.7. The van der Waals surface area contributed by atoms with Gasteiger partial charge in [0, 0.05) is 49.5 Å². The van der Waals surface area contributed by atoms with Crippen molar-refractivity contribution in [3.63, 3.8) is 0 Å². The van der Waals surface area contributed by atoms with Gasteiger partial charge in [0.05, 0.1) is 0 Å². The van der Waals surface area contributed by atoms with Gasteiger partial charge < -0.3 is 15.2 Å². The summed E-state index contributed by atoms with van der Waals surface area (Å²) in [7, 11) is -3.74. The fourth-order valence-corrected chi connectivity index (χ4v) is 5.98. The molecule has 2 amide bonds. The average molecular weight is 498 g/mol. The standard InChI is InChI=1S/C25H31N5O4S/c1-17(2)15-21(28-24(31)19-8-5-4-7-18(19)3)25(32)29-11-13-30(14-12-29)35(33,34)22-16-27-23-20(22)9-6-10-26-23/h4-10,16-17,21H,11-15H2,1-3H3,(H,26,27)(H,28,31). The lowest BCUT2D eigenvalue weighted by Crippen LogP contribution is -2.56. The Labute approximate surface area is 205 Å². The van der Waals surface area contributed by atoms with Crippen LogP contribution >= 0.6 is 0 Å². The molecule has 2 N–H and O–H groups in total. The summed E-state index contributed by atoms with van der Waals surface area (Å²) in [4.78, 5) is 35.2. The van der Waals surface area contributed by atoms with Gasteiger partial charge in [-0.25, -0.2) is 13.4 Å². The lowest BCUT2D eigenvalue weighted by atomic mass is 10.0. The van der Waals surface area contributed by atoms with Gasteiger partial charge in [-0.05, 0) is 43.0 Å². The van der Waals surface area contributed by atoms with Crippen molar-refractivity contribution in [2.45, 2.75) is 38.1 Å². The molecule has 2 aromatic heterocycles. The molecule has 0 saturated carbocycles. The largest absolute Gasteiger partial charge is 0.345 e. The first-order valence-electron chi connectivity index (χ1n) is 11.8. The van der Waals surface area contributed by atoms with E-state index >= 15 is 0 Å². The highest BCUT2D eigenvalue weighted by atomic mass is 32.2. The number of nitrogens with one attached hydrogen (secondary N) is 2. The molecule has 1 aliphatic rings. The Morgan fingerprint density at radius 1 is 1.09 bits per heavy atom. The number of aromatic nitrogens is 2. The maximum absolute atomic E-state index is 13.4. The first-order valence-corrected chi connectivity index (χ1v) is 13.2. The molecule has 4 rings (SSSR count). The molecular formula is C25H31N5O4S. The second-order valence-corrected chi connectivity index (χ2v) is 11.2. The number of amides is 2. The van der Waals surface area contributed by atoms with Crippen LogP contribution in [0.1, 0.15) is 36.2 Å². The summed E-state index contributed by atoms with van der Waals surface area (Å²) >= 11 is 0. The quantitative estimate of drug-likeness (QED) is 0.521. The number of H-pyrrole nitrogens is 1. The molecule has 3 aromatic rings. The molecule has 1 fully saturated rings. The number of piperazine rings is 1.